The van der Waals surface area contributed by atoms with Gasteiger partial charge < -0.3 is 10.6 Å². The number of halogens is 1. The number of aryl methyl sites for hydroxylation is 1. The maximum absolute atomic E-state index is 12.4. The van der Waals surface area contributed by atoms with E-state index in [4.69, 9.17) is 11.6 Å². The van der Waals surface area contributed by atoms with Gasteiger partial charge in [0, 0.05) is 28.2 Å². The third-order valence-electron chi connectivity index (χ3n) is 3.72. The molecule has 0 spiro atoms. The monoisotopic (exact) mass is 365 g/mol. The minimum atomic E-state index is -0.398. The summed E-state index contributed by atoms with van der Waals surface area (Å²) in [5.74, 6) is -0.708. The average Bonchev–Trinajstić information content (AvgIpc) is 2.65. The van der Waals surface area contributed by atoms with Gasteiger partial charge in [-0.05, 0) is 55.0 Å². The quantitative estimate of drug-likeness (QED) is 0.712. The van der Waals surface area contributed by atoms with Crippen molar-refractivity contribution in [3.63, 3.8) is 0 Å². The van der Waals surface area contributed by atoms with Crippen LogP contribution in [0, 0.1) is 6.92 Å². The predicted molar refractivity (Wildman–Crippen MR) is 103 cm³/mol. The Morgan fingerprint density at radius 2 is 1.69 bits per heavy atom. The number of nitrogens with zero attached hydrogens (tertiary/aromatic N) is 1. The second kappa shape index (κ2) is 7.80. The zero-order valence-electron chi connectivity index (χ0n) is 14.0. The van der Waals surface area contributed by atoms with Gasteiger partial charge in [-0.25, -0.2) is 0 Å². The van der Waals surface area contributed by atoms with Crippen LogP contribution in [0.2, 0.25) is 5.02 Å². The van der Waals surface area contributed by atoms with Gasteiger partial charge in [0.05, 0.1) is 0 Å². The van der Waals surface area contributed by atoms with Gasteiger partial charge in [-0.15, -0.1) is 0 Å². The molecule has 0 unspecified atom stereocenters. The number of rotatable bonds is 4. The molecule has 3 aromatic rings. The maximum atomic E-state index is 12.4. The molecular weight excluding hydrogens is 350 g/mol. The van der Waals surface area contributed by atoms with E-state index < -0.39 is 5.91 Å². The molecule has 0 atom stereocenters. The molecule has 2 N–H and O–H groups in total. The minimum absolute atomic E-state index is 0.153. The lowest BCUT2D eigenvalue weighted by atomic mass is 10.1. The molecule has 1 heterocycles. The van der Waals surface area contributed by atoms with Crippen LogP contribution < -0.4 is 10.6 Å². The van der Waals surface area contributed by atoms with Crippen molar-refractivity contribution in [1.82, 2.24) is 4.98 Å². The molecule has 130 valence electrons. The normalized spacial score (nSPS) is 10.2. The van der Waals surface area contributed by atoms with E-state index in [-0.39, 0.29) is 11.6 Å². The second-order valence-electron chi connectivity index (χ2n) is 5.66. The van der Waals surface area contributed by atoms with Crippen molar-refractivity contribution >= 4 is 34.8 Å². The van der Waals surface area contributed by atoms with Gasteiger partial charge >= 0.3 is 0 Å². The van der Waals surface area contributed by atoms with Gasteiger partial charge in [0.25, 0.3) is 11.8 Å². The standard InChI is InChI=1S/C20H16ClN3O2/c1-13-11-15(21)7-8-17(13)24-20(26)18-12-14(9-10-22-18)19(25)23-16-5-3-2-4-6-16/h2-12H,1H3,(H,23,25)(H,24,26). The molecule has 1 aromatic heterocycles. The summed E-state index contributed by atoms with van der Waals surface area (Å²) in [4.78, 5) is 28.9. The number of carbonyl (C=O) groups is 2. The molecule has 0 radical (unpaired) electrons. The molecule has 2 aromatic carbocycles. The summed E-state index contributed by atoms with van der Waals surface area (Å²) < 4.78 is 0. The smallest absolute Gasteiger partial charge is 0.274 e. The van der Waals surface area contributed by atoms with Gasteiger partial charge in [0.1, 0.15) is 5.69 Å². The Labute approximate surface area is 156 Å². The van der Waals surface area contributed by atoms with Crippen LogP contribution in [0.15, 0.2) is 66.9 Å². The Kier molecular flexibility index (Phi) is 5.29. The van der Waals surface area contributed by atoms with E-state index in [2.05, 4.69) is 15.6 Å². The van der Waals surface area contributed by atoms with Gasteiger partial charge in [0.2, 0.25) is 0 Å². The summed E-state index contributed by atoms with van der Waals surface area (Å²) in [6.45, 7) is 1.85. The lowest BCUT2D eigenvalue weighted by Crippen LogP contribution is -2.17. The number of carbonyl (C=O) groups excluding carboxylic acids is 2. The van der Waals surface area contributed by atoms with Gasteiger partial charge in [-0.1, -0.05) is 29.8 Å². The molecule has 0 aliphatic rings. The molecule has 0 saturated carbocycles. The molecule has 2 amide bonds. The van der Waals surface area contributed by atoms with Crippen LogP contribution in [0.4, 0.5) is 11.4 Å². The van der Waals surface area contributed by atoms with Crippen LogP contribution in [0.1, 0.15) is 26.4 Å². The summed E-state index contributed by atoms with van der Waals surface area (Å²) in [6.07, 6.45) is 1.43. The van der Waals surface area contributed by atoms with Crippen molar-refractivity contribution in [2.75, 3.05) is 10.6 Å². The van der Waals surface area contributed by atoms with Crippen LogP contribution >= 0.6 is 11.6 Å². The largest absolute Gasteiger partial charge is 0.322 e. The van der Waals surface area contributed by atoms with Crippen molar-refractivity contribution in [2.45, 2.75) is 6.92 Å². The average molecular weight is 366 g/mol. The number of hydrogen-bond donors (Lipinski definition) is 2. The van der Waals surface area contributed by atoms with Crippen LogP contribution in [0.5, 0.6) is 0 Å². The maximum Gasteiger partial charge on any atom is 0.274 e. The Morgan fingerprint density at radius 1 is 0.923 bits per heavy atom. The number of anilines is 2. The van der Waals surface area contributed by atoms with Crippen molar-refractivity contribution in [3.05, 3.63) is 88.7 Å². The van der Waals surface area contributed by atoms with E-state index in [9.17, 15) is 9.59 Å². The van der Waals surface area contributed by atoms with Crippen molar-refractivity contribution in [3.8, 4) is 0 Å². The number of pyridine rings is 1. The third kappa shape index (κ3) is 4.26. The van der Waals surface area contributed by atoms with Crippen LogP contribution in [0.25, 0.3) is 0 Å². The third-order valence-corrected chi connectivity index (χ3v) is 3.96. The number of nitrogens with one attached hydrogen (secondary N) is 2. The highest BCUT2D eigenvalue weighted by Crippen LogP contribution is 2.20. The van der Waals surface area contributed by atoms with Crippen molar-refractivity contribution in [2.24, 2.45) is 0 Å². The summed E-state index contributed by atoms with van der Waals surface area (Å²) >= 11 is 5.92. The molecule has 3 rings (SSSR count). The first kappa shape index (κ1) is 17.6. The Balaban J connectivity index is 1.76. The molecular formula is C20H16ClN3O2. The predicted octanol–water partition coefficient (Wildman–Crippen LogP) is 4.55. The number of aromatic nitrogens is 1. The lowest BCUT2D eigenvalue weighted by molar-refractivity contribution is 0.102. The van der Waals surface area contributed by atoms with E-state index in [1.54, 1.807) is 36.4 Å². The fourth-order valence-corrected chi connectivity index (χ4v) is 2.60. The molecule has 6 heteroatoms. The highest BCUT2D eigenvalue weighted by molar-refractivity contribution is 6.30. The van der Waals surface area contributed by atoms with E-state index in [0.29, 0.717) is 22.0 Å². The molecule has 0 bridgehead atoms. The SMILES string of the molecule is Cc1cc(Cl)ccc1NC(=O)c1cc(C(=O)Nc2ccccc2)ccn1. The van der Waals surface area contributed by atoms with E-state index in [0.717, 1.165) is 5.56 Å². The zero-order valence-corrected chi connectivity index (χ0v) is 14.7. The lowest BCUT2D eigenvalue weighted by Gasteiger charge is -2.09. The Morgan fingerprint density at radius 3 is 2.42 bits per heavy atom. The van der Waals surface area contributed by atoms with Crippen LogP contribution in [0.3, 0.4) is 0 Å². The van der Waals surface area contributed by atoms with E-state index in [1.807, 2.05) is 25.1 Å². The van der Waals surface area contributed by atoms with Crippen LogP contribution in [-0.2, 0) is 0 Å². The van der Waals surface area contributed by atoms with Crippen molar-refractivity contribution in [1.29, 1.82) is 0 Å². The zero-order chi connectivity index (χ0) is 18.5. The number of amides is 2. The summed E-state index contributed by atoms with van der Waals surface area (Å²) in [7, 11) is 0. The fraction of sp³-hybridized carbons (Fsp3) is 0.0500. The molecule has 26 heavy (non-hydrogen) atoms. The molecule has 0 fully saturated rings. The molecule has 0 aliphatic carbocycles. The summed E-state index contributed by atoms with van der Waals surface area (Å²) in [5.41, 5.74) is 2.66. The first-order valence-corrected chi connectivity index (χ1v) is 8.31. The summed E-state index contributed by atoms with van der Waals surface area (Å²) in [5, 5.41) is 6.15. The molecule has 0 aliphatic heterocycles. The first-order valence-electron chi connectivity index (χ1n) is 7.93. The topological polar surface area (TPSA) is 71.1 Å². The number of hydrogen-bond acceptors (Lipinski definition) is 3. The van der Waals surface area contributed by atoms with Crippen molar-refractivity contribution < 1.29 is 9.59 Å². The Bertz CT molecular complexity index is 958. The van der Waals surface area contributed by atoms with Gasteiger partial charge in [-0.3, -0.25) is 14.6 Å². The van der Waals surface area contributed by atoms with Gasteiger partial charge in [0.15, 0.2) is 0 Å². The first-order chi connectivity index (χ1) is 12.5. The van der Waals surface area contributed by atoms with E-state index >= 15 is 0 Å². The highest BCUT2D eigenvalue weighted by Gasteiger charge is 2.13. The summed E-state index contributed by atoms with van der Waals surface area (Å²) in [6, 6.07) is 17.3. The highest BCUT2D eigenvalue weighted by atomic mass is 35.5. The minimum Gasteiger partial charge on any atom is -0.322 e. The van der Waals surface area contributed by atoms with E-state index in [1.165, 1.54) is 12.3 Å². The van der Waals surface area contributed by atoms with Crippen LogP contribution in [-0.4, -0.2) is 16.8 Å². The molecule has 0 saturated heterocycles. The fourth-order valence-electron chi connectivity index (χ4n) is 2.37. The second-order valence-corrected chi connectivity index (χ2v) is 6.10. The Hall–Kier alpha value is -3.18. The number of para-hydroxylation sites is 1. The van der Waals surface area contributed by atoms with Gasteiger partial charge in [-0.2, -0.15) is 0 Å². The number of benzene rings is 2. The molecule has 5 nitrogen and oxygen atoms in total.